The Morgan fingerprint density at radius 3 is 2.82 bits per heavy atom. The van der Waals surface area contributed by atoms with Crippen molar-refractivity contribution in [1.82, 2.24) is 5.32 Å². The summed E-state index contributed by atoms with van der Waals surface area (Å²) in [6, 6.07) is 3.42. The minimum absolute atomic E-state index is 0.0738. The van der Waals surface area contributed by atoms with Gasteiger partial charge in [-0.1, -0.05) is 19.9 Å². The first kappa shape index (κ1) is 14.2. The van der Waals surface area contributed by atoms with Gasteiger partial charge >= 0.3 is 5.97 Å². The smallest absolute Gasteiger partial charge is 0.323 e. The van der Waals surface area contributed by atoms with Gasteiger partial charge in [0.15, 0.2) is 0 Å². The zero-order chi connectivity index (χ0) is 12.9. The Morgan fingerprint density at radius 1 is 1.65 bits per heavy atom. The molecule has 0 saturated heterocycles. The van der Waals surface area contributed by atoms with E-state index in [0.717, 1.165) is 0 Å². The summed E-state index contributed by atoms with van der Waals surface area (Å²) in [5.74, 6) is -0.881. The second-order valence-electron chi connectivity index (χ2n) is 4.59. The highest BCUT2D eigenvalue weighted by atomic mass is 32.1. The van der Waals surface area contributed by atoms with Crippen LogP contribution in [-0.2, 0) is 14.9 Å². The summed E-state index contributed by atoms with van der Waals surface area (Å²) in [5.41, 5.74) is -0.0738. The number of nitrogens with one attached hydrogen (secondary N) is 1. The standard InChI is InChI=1S/C12H19NO3S/c1-12(2,10-5-4-6-17-10)8-13-9(7-16-3)11(14)15/h4-6,9,13H,7-8H2,1-3H3,(H,14,15). The molecular formula is C12H19NO3S. The number of hydrogen-bond donors (Lipinski definition) is 2. The SMILES string of the molecule is COCC(NCC(C)(C)c1cccs1)C(=O)O. The minimum atomic E-state index is -0.881. The summed E-state index contributed by atoms with van der Waals surface area (Å²) < 4.78 is 4.88. The number of aliphatic carboxylic acids is 1. The van der Waals surface area contributed by atoms with Crippen molar-refractivity contribution in [1.29, 1.82) is 0 Å². The number of thiophene rings is 1. The lowest BCUT2D eigenvalue weighted by atomic mass is 9.91. The van der Waals surface area contributed by atoms with Crippen molar-refractivity contribution >= 4 is 17.3 Å². The van der Waals surface area contributed by atoms with Gasteiger partial charge in [-0.25, -0.2) is 0 Å². The van der Waals surface area contributed by atoms with Gasteiger partial charge in [-0.2, -0.15) is 0 Å². The second kappa shape index (κ2) is 6.14. The quantitative estimate of drug-likeness (QED) is 0.781. The van der Waals surface area contributed by atoms with Crippen LogP contribution in [0.4, 0.5) is 0 Å². The van der Waals surface area contributed by atoms with Crippen molar-refractivity contribution in [3.05, 3.63) is 22.4 Å². The fourth-order valence-electron chi connectivity index (χ4n) is 1.51. The van der Waals surface area contributed by atoms with Crippen LogP contribution < -0.4 is 5.32 Å². The molecule has 1 atom stereocenters. The van der Waals surface area contributed by atoms with Crippen LogP contribution in [0.2, 0.25) is 0 Å². The van der Waals surface area contributed by atoms with Crippen LogP contribution in [0.1, 0.15) is 18.7 Å². The predicted octanol–water partition coefficient (Wildman–Crippen LogP) is 1.71. The second-order valence-corrected chi connectivity index (χ2v) is 5.54. The molecule has 0 aromatic carbocycles. The Labute approximate surface area is 106 Å². The van der Waals surface area contributed by atoms with E-state index < -0.39 is 12.0 Å². The number of carboxylic acids is 1. The van der Waals surface area contributed by atoms with E-state index in [1.54, 1.807) is 11.3 Å². The maximum absolute atomic E-state index is 11.0. The van der Waals surface area contributed by atoms with Crippen LogP contribution in [0.15, 0.2) is 17.5 Å². The number of hydrogen-bond acceptors (Lipinski definition) is 4. The van der Waals surface area contributed by atoms with Crippen molar-refractivity contribution in [3.63, 3.8) is 0 Å². The van der Waals surface area contributed by atoms with Crippen molar-refractivity contribution < 1.29 is 14.6 Å². The van der Waals surface area contributed by atoms with Crippen LogP contribution >= 0.6 is 11.3 Å². The number of carboxylic acid groups (broad SMARTS) is 1. The Morgan fingerprint density at radius 2 is 2.35 bits per heavy atom. The molecule has 1 aromatic rings. The predicted molar refractivity (Wildman–Crippen MR) is 68.6 cm³/mol. The van der Waals surface area contributed by atoms with E-state index in [9.17, 15) is 4.79 Å². The van der Waals surface area contributed by atoms with Crippen molar-refractivity contribution in [2.75, 3.05) is 20.3 Å². The summed E-state index contributed by atoms with van der Waals surface area (Å²) in [6.45, 7) is 4.97. The maximum atomic E-state index is 11.0. The first-order chi connectivity index (χ1) is 7.97. The van der Waals surface area contributed by atoms with Crippen LogP contribution in [0.3, 0.4) is 0 Å². The molecule has 17 heavy (non-hydrogen) atoms. The minimum Gasteiger partial charge on any atom is -0.480 e. The van der Waals surface area contributed by atoms with E-state index >= 15 is 0 Å². The lowest BCUT2D eigenvalue weighted by Gasteiger charge is -2.26. The maximum Gasteiger partial charge on any atom is 0.323 e. The molecule has 1 heterocycles. The van der Waals surface area contributed by atoms with E-state index in [2.05, 4.69) is 25.2 Å². The average Bonchev–Trinajstić information content (AvgIpc) is 2.77. The molecule has 5 heteroatoms. The highest BCUT2D eigenvalue weighted by Crippen LogP contribution is 2.26. The summed E-state index contributed by atoms with van der Waals surface area (Å²) in [7, 11) is 1.50. The van der Waals surface area contributed by atoms with E-state index in [1.165, 1.54) is 12.0 Å². The molecule has 0 fully saturated rings. The third kappa shape index (κ3) is 4.11. The average molecular weight is 257 g/mol. The molecule has 1 aromatic heterocycles. The topological polar surface area (TPSA) is 58.6 Å². The van der Waals surface area contributed by atoms with E-state index in [0.29, 0.717) is 6.54 Å². The van der Waals surface area contributed by atoms with E-state index in [1.807, 2.05) is 11.4 Å². The first-order valence-corrected chi connectivity index (χ1v) is 6.34. The molecule has 0 aliphatic carbocycles. The summed E-state index contributed by atoms with van der Waals surface area (Å²) in [5, 5.41) is 14.1. The molecule has 0 amide bonds. The van der Waals surface area contributed by atoms with Gasteiger partial charge < -0.3 is 15.2 Å². The fourth-order valence-corrected chi connectivity index (χ4v) is 2.37. The van der Waals surface area contributed by atoms with Crippen molar-refractivity contribution in [2.45, 2.75) is 25.3 Å². The Bertz CT molecular complexity index is 349. The first-order valence-electron chi connectivity index (χ1n) is 5.46. The monoisotopic (exact) mass is 257 g/mol. The molecule has 0 radical (unpaired) electrons. The largest absolute Gasteiger partial charge is 0.480 e. The van der Waals surface area contributed by atoms with E-state index in [4.69, 9.17) is 9.84 Å². The van der Waals surface area contributed by atoms with Gasteiger partial charge in [0.2, 0.25) is 0 Å². The van der Waals surface area contributed by atoms with Gasteiger partial charge in [0, 0.05) is 23.9 Å². The number of methoxy groups -OCH3 is 1. The number of ether oxygens (including phenoxy) is 1. The summed E-state index contributed by atoms with van der Waals surface area (Å²) in [6.07, 6.45) is 0. The number of carbonyl (C=O) groups is 1. The molecule has 0 aliphatic heterocycles. The van der Waals surface area contributed by atoms with Gasteiger partial charge in [0.25, 0.3) is 0 Å². The Balaban J connectivity index is 2.56. The third-order valence-corrected chi connectivity index (χ3v) is 3.85. The van der Waals surface area contributed by atoms with Gasteiger partial charge in [-0.15, -0.1) is 11.3 Å². The van der Waals surface area contributed by atoms with Crippen LogP contribution in [0.25, 0.3) is 0 Å². The highest BCUT2D eigenvalue weighted by Gasteiger charge is 2.25. The molecule has 2 N–H and O–H groups in total. The zero-order valence-electron chi connectivity index (χ0n) is 10.4. The fraction of sp³-hybridized carbons (Fsp3) is 0.583. The van der Waals surface area contributed by atoms with Gasteiger partial charge in [0.1, 0.15) is 6.04 Å². The lowest BCUT2D eigenvalue weighted by Crippen LogP contribution is -2.45. The molecule has 96 valence electrons. The zero-order valence-corrected chi connectivity index (χ0v) is 11.2. The molecular weight excluding hydrogens is 238 g/mol. The highest BCUT2D eigenvalue weighted by molar-refractivity contribution is 7.10. The molecule has 0 spiro atoms. The summed E-state index contributed by atoms with van der Waals surface area (Å²) in [4.78, 5) is 12.2. The third-order valence-electron chi connectivity index (χ3n) is 2.61. The summed E-state index contributed by atoms with van der Waals surface area (Å²) >= 11 is 1.68. The van der Waals surface area contributed by atoms with Gasteiger partial charge in [-0.05, 0) is 11.4 Å². The van der Waals surface area contributed by atoms with Gasteiger partial charge in [-0.3, -0.25) is 4.79 Å². The van der Waals surface area contributed by atoms with Crippen molar-refractivity contribution in [2.24, 2.45) is 0 Å². The lowest BCUT2D eigenvalue weighted by molar-refractivity contribution is -0.140. The number of rotatable bonds is 7. The molecule has 4 nitrogen and oxygen atoms in total. The van der Waals surface area contributed by atoms with Crippen LogP contribution in [-0.4, -0.2) is 37.4 Å². The van der Waals surface area contributed by atoms with Crippen LogP contribution in [0.5, 0.6) is 0 Å². The molecule has 0 aliphatic rings. The Hall–Kier alpha value is -0.910. The van der Waals surface area contributed by atoms with Crippen molar-refractivity contribution in [3.8, 4) is 0 Å². The normalized spacial score (nSPS) is 13.6. The van der Waals surface area contributed by atoms with Crippen LogP contribution in [0, 0.1) is 0 Å². The molecule has 1 unspecified atom stereocenters. The van der Waals surface area contributed by atoms with E-state index in [-0.39, 0.29) is 12.0 Å². The molecule has 0 bridgehead atoms. The van der Waals surface area contributed by atoms with Gasteiger partial charge in [0.05, 0.1) is 6.61 Å². The molecule has 0 saturated carbocycles. The molecule has 1 rings (SSSR count). The Kier molecular flexibility index (Phi) is 5.11.